The second-order valence-corrected chi connectivity index (χ2v) is 10.3. The number of nitro groups is 1. The van der Waals surface area contributed by atoms with E-state index in [-0.39, 0.29) is 11.3 Å². The molecule has 0 spiro atoms. The smallest absolute Gasteiger partial charge is 0.336 e. The van der Waals surface area contributed by atoms with Crippen molar-refractivity contribution in [3.63, 3.8) is 0 Å². The van der Waals surface area contributed by atoms with E-state index in [0.29, 0.717) is 5.56 Å². The van der Waals surface area contributed by atoms with E-state index in [1.54, 1.807) is 31.6 Å². The molecule has 1 aromatic heterocycles. The van der Waals surface area contributed by atoms with Gasteiger partial charge in [-0.3, -0.25) is 10.1 Å². The minimum absolute atomic E-state index is 0.119. The number of nitrogens with zero attached hydrogens (tertiary/aromatic N) is 2. The van der Waals surface area contributed by atoms with Gasteiger partial charge in [0.1, 0.15) is 11.5 Å². The van der Waals surface area contributed by atoms with Gasteiger partial charge in [0.2, 0.25) is 0 Å². The summed E-state index contributed by atoms with van der Waals surface area (Å²) < 4.78 is 10.7. The van der Waals surface area contributed by atoms with Crippen molar-refractivity contribution in [1.29, 1.82) is 0 Å². The molecule has 42 heavy (non-hydrogen) atoms. The zero-order chi connectivity index (χ0) is 29.6. The maximum absolute atomic E-state index is 11.6. The van der Waals surface area contributed by atoms with Crippen LogP contribution in [0.3, 0.4) is 0 Å². The lowest BCUT2D eigenvalue weighted by atomic mass is 10.1. The van der Waals surface area contributed by atoms with Crippen LogP contribution in [0.15, 0.2) is 103 Å². The molecule has 0 radical (unpaired) electrons. The number of carboxylic acid groups (broad SMARTS) is 1. The maximum atomic E-state index is 11.6. The van der Waals surface area contributed by atoms with E-state index >= 15 is 0 Å². The number of hydrogen-bond acceptors (Lipinski definition) is 7. The number of nitro benzene ring substituents is 1. The molecule has 8 nitrogen and oxygen atoms in total. The predicted octanol–water partition coefficient (Wildman–Crippen LogP) is 8.68. The number of rotatable bonds is 10. The molecule has 1 N–H and O–H groups in total. The molecular formula is C33H26N2O6S. The summed E-state index contributed by atoms with van der Waals surface area (Å²) in [6, 6.07) is 31.8. The molecule has 0 fully saturated rings. The zero-order valence-corrected chi connectivity index (χ0v) is 23.6. The Balaban J connectivity index is 1.40. The molecule has 0 aliphatic rings. The van der Waals surface area contributed by atoms with Crippen LogP contribution in [0.5, 0.6) is 11.5 Å². The Morgan fingerprint density at radius 3 is 1.83 bits per heavy atom. The largest absolute Gasteiger partial charge is 0.497 e. The number of thiophene rings is 1. The predicted molar refractivity (Wildman–Crippen MR) is 167 cm³/mol. The Labute approximate surface area is 246 Å². The van der Waals surface area contributed by atoms with Gasteiger partial charge in [0, 0.05) is 38.9 Å². The molecular weight excluding hydrogens is 552 g/mol. The molecule has 0 aliphatic heterocycles. The lowest BCUT2D eigenvalue weighted by Crippen LogP contribution is -2.09. The van der Waals surface area contributed by atoms with E-state index in [4.69, 9.17) is 9.47 Å². The molecule has 5 rings (SSSR count). The van der Waals surface area contributed by atoms with Gasteiger partial charge >= 0.3 is 5.97 Å². The van der Waals surface area contributed by atoms with E-state index in [0.717, 1.165) is 49.9 Å². The van der Waals surface area contributed by atoms with Crippen LogP contribution in [0.2, 0.25) is 0 Å². The summed E-state index contributed by atoms with van der Waals surface area (Å²) in [5, 5.41) is 20.5. The van der Waals surface area contributed by atoms with Crippen LogP contribution in [0, 0.1) is 10.1 Å². The summed E-state index contributed by atoms with van der Waals surface area (Å²) in [7, 11) is 3.29. The fourth-order valence-corrected chi connectivity index (χ4v) is 5.36. The number of non-ortho nitro benzene ring substituents is 1. The first-order valence-corrected chi connectivity index (χ1v) is 13.7. The fourth-order valence-electron chi connectivity index (χ4n) is 4.44. The first kappa shape index (κ1) is 28.1. The lowest BCUT2D eigenvalue weighted by Gasteiger charge is -2.26. The average Bonchev–Trinajstić information content (AvgIpc) is 3.50. The van der Waals surface area contributed by atoms with Crippen molar-refractivity contribution in [3.05, 3.63) is 129 Å². The minimum Gasteiger partial charge on any atom is -0.497 e. The van der Waals surface area contributed by atoms with E-state index in [9.17, 15) is 20.0 Å². The van der Waals surface area contributed by atoms with Crippen molar-refractivity contribution in [2.24, 2.45) is 0 Å². The molecule has 4 aromatic carbocycles. The van der Waals surface area contributed by atoms with Crippen molar-refractivity contribution in [1.82, 2.24) is 0 Å². The SMILES string of the molecule is COc1ccc(N(c2ccc(OC)cc2)c2ccc(-c3ccc(/C=C/c4ccc([N+](=O)[O-])cc4C(=O)O)s3)cc2)cc1. The number of aromatic carboxylic acids is 1. The summed E-state index contributed by atoms with van der Waals surface area (Å²) in [6.07, 6.45) is 3.47. The second kappa shape index (κ2) is 12.4. The Hall–Kier alpha value is -5.41. The van der Waals surface area contributed by atoms with Crippen LogP contribution >= 0.6 is 11.3 Å². The molecule has 0 saturated heterocycles. The molecule has 210 valence electrons. The summed E-state index contributed by atoms with van der Waals surface area (Å²) in [5.74, 6) is 0.335. The average molecular weight is 579 g/mol. The van der Waals surface area contributed by atoms with Gasteiger partial charge in [-0.15, -0.1) is 11.3 Å². The van der Waals surface area contributed by atoms with Crippen LogP contribution in [-0.2, 0) is 0 Å². The maximum Gasteiger partial charge on any atom is 0.336 e. The number of methoxy groups -OCH3 is 2. The normalized spacial score (nSPS) is 10.9. The van der Waals surface area contributed by atoms with Gasteiger partial charge in [-0.2, -0.15) is 0 Å². The van der Waals surface area contributed by atoms with E-state index in [1.165, 1.54) is 12.1 Å². The van der Waals surface area contributed by atoms with E-state index in [1.807, 2.05) is 66.7 Å². The number of carboxylic acids is 1. The van der Waals surface area contributed by atoms with Gasteiger partial charge in [-0.25, -0.2) is 4.79 Å². The Bertz CT molecular complexity index is 1700. The van der Waals surface area contributed by atoms with Crippen molar-refractivity contribution in [2.75, 3.05) is 19.1 Å². The molecule has 0 bridgehead atoms. The molecule has 5 aromatic rings. The van der Waals surface area contributed by atoms with Gasteiger partial charge < -0.3 is 19.5 Å². The lowest BCUT2D eigenvalue weighted by molar-refractivity contribution is -0.384. The number of anilines is 3. The minimum atomic E-state index is -1.22. The summed E-state index contributed by atoms with van der Waals surface area (Å²) in [6.45, 7) is 0. The van der Waals surface area contributed by atoms with Crippen molar-refractivity contribution >= 4 is 52.2 Å². The van der Waals surface area contributed by atoms with Gasteiger partial charge in [-0.1, -0.05) is 18.2 Å². The number of ether oxygens (including phenoxy) is 2. The van der Waals surface area contributed by atoms with Crippen LogP contribution in [0.25, 0.3) is 22.6 Å². The highest BCUT2D eigenvalue weighted by Crippen LogP contribution is 2.38. The van der Waals surface area contributed by atoms with E-state index in [2.05, 4.69) is 29.2 Å². The first-order valence-electron chi connectivity index (χ1n) is 12.8. The zero-order valence-electron chi connectivity index (χ0n) is 22.8. The fraction of sp³-hybridized carbons (Fsp3) is 0.0606. The van der Waals surface area contributed by atoms with Crippen LogP contribution in [0.1, 0.15) is 20.8 Å². The van der Waals surface area contributed by atoms with Gasteiger partial charge in [0.15, 0.2) is 0 Å². The highest BCUT2D eigenvalue weighted by Gasteiger charge is 2.15. The topological polar surface area (TPSA) is 102 Å². The van der Waals surface area contributed by atoms with Crippen molar-refractivity contribution in [2.45, 2.75) is 0 Å². The summed E-state index contributed by atoms with van der Waals surface area (Å²) in [5.41, 5.74) is 3.98. The first-order chi connectivity index (χ1) is 20.4. The molecule has 9 heteroatoms. The molecule has 0 unspecified atom stereocenters. The van der Waals surface area contributed by atoms with Crippen LogP contribution in [-0.4, -0.2) is 30.2 Å². The van der Waals surface area contributed by atoms with Gasteiger partial charge in [-0.05, 0) is 96.1 Å². The van der Waals surface area contributed by atoms with Crippen molar-refractivity contribution < 1.29 is 24.3 Å². The third-order valence-electron chi connectivity index (χ3n) is 6.60. The highest BCUT2D eigenvalue weighted by molar-refractivity contribution is 7.16. The number of benzene rings is 4. The Kier molecular flexibility index (Phi) is 8.31. The molecule has 1 heterocycles. The number of hydrogen-bond donors (Lipinski definition) is 1. The van der Waals surface area contributed by atoms with Crippen molar-refractivity contribution in [3.8, 4) is 21.9 Å². The number of carbonyl (C=O) groups is 1. The van der Waals surface area contributed by atoms with E-state index < -0.39 is 10.9 Å². The summed E-state index contributed by atoms with van der Waals surface area (Å²) in [4.78, 5) is 26.2. The summed E-state index contributed by atoms with van der Waals surface area (Å²) >= 11 is 1.56. The third kappa shape index (κ3) is 6.16. The third-order valence-corrected chi connectivity index (χ3v) is 7.70. The highest BCUT2D eigenvalue weighted by atomic mass is 32.1. The van der Waals surface area contributed by atoms with Gasteiger partial charge in [0.05, 0.1) is 24.7 Å². The molecule has 0 saturated carbocycles. The molecule has 0 atom stereocenters. The molecule has 0 amide bonds. The van der Waals surface area contributed by atoms with Crippen LogP contribution < -0.4 is 14.4 Å². The Morgan fingerprint density at radius 1 is 0.786 bits per heavy atom. The quantitative estimate of drug-likeness (QED) is 0.131. The second-order valence-electron chi connectivity index (χ2n) is 9.15. The van der Waals surface area contributed by atoms with Gasteiger partial charge in [0.25, 0.3) is 5.69 Å². The van der Waals surface area contributed by atoms with Crippen LogP contribution in [0.4, 0.5) is 22.7 Å². The monoisotopic (exact) mass is 578 g/mol. The Morgan fingerprint density at radius 2 is 1.33 bits per heavy atom. The molecule has 0 aliphatic carbocycles. The standard InChI is InChI=1S/C33H26N2O6S/c1-40-28-14-10-25(11-15-28)34(26-12-16-29(41-2)17-13-26)24-7-4-23(5-8-24)32-20-19-30(42-32)18-6-22-3-9-27(35(38)39)21-31(22)33(36)37/h3-21H,1-2H3,(H,36,37)/b18-6+.